The van der Waals surface area contributed by atoms with Crippen LogP contribution in [0.5, 0.6) is 0 Å². The van der Waals surface area contributed by atoms with Crippen molar-refractivity contribution in [2.45, 2.75) is 51.5 Å². The van der Waals surface area contributed by atoms with Crippen LogP contribution in [0.15, 0.2) is 6.20 Å². The van der Waals surface area contributed by atoms with Crippen molar-refractivity contribution in [2.24, 2.45) is 11.1 Å². The monoisotopic (exact) mass is 276 g/mol. The van der Waals surface area contributed by atoms with Gasteiger partial charge in [-0.3, -0.25) is 14.7 Å². The summed E-state index contributed by atoms with van der Waals surface area (Å²) in [6.07, 6.45) is 7.93. The summed E-state index contributed by atoms with van der Waals surface area (Å²) in [5.74, 6) is 0.206. The van der Waals surface area contributed by atoms with Crippen LogP contribution >= 0.6 is 0 Å². The van der Waals surface area contributed by atoms with Gasteiger partial charge in [-0.15, -0.1) is 0 Å². The summed E-state index contributed by atoms with van der Waals surface area (Å²) >= 11 is 0. The zero-order valence-corrected chi connectivity index (χ0v) is 11.5. The van der Waals surface area contributed by atoms with E-state index in [1.54, 1.807) is 6.20 Å². The van der Waals surface area contributed by atoms with E-state index < -0.39 is 0 Å². The Morgan fingerprint density at radius 2 is 1.85 bits per heavy atom. The van der Waals surface area contributed by atoms with Crippen molar-refractivity contribution in [1.29, 1.82) is 0 Å². The molecule has 1 aliphatic carbocycles. The Kier molecular flexibility index (Phi) is 3.33. The Morgan fingerprint density at radius 1 is 1.20 bits per heavy atom. The van der Waals surface area contributed by atoms with Gasteiger partial charge in [0.15, 0.2) is 0 Å². The normalized spacial score (nSPS) is 22.6. The summed E-state index contributed by atoms with van der Waals surface area (Å²) in [6.45, 7) is 0.258. The van der Waals surface area contributed by atoms with Crippen molar-refractivity contribution < 1.29 is 9.59 Å². The molecule has 0 aromatic carbocycles. The summed E-state index contributed by atoms with van der Waals surface area (Å²) < 4.78 is 0. The fraction of sp³-hybridized carbons (Fsp3) is 0.643. The third-order valence-corrected chi connectivity index (χ3v) is 4.60. The molecule has 2 fully saturated rings. The predicted molar refractivity (Wildman–Crippen MR) is 73.7 cm³/mol. The number of carbonyl (C=O) groups excluding carboxylic acids is 2. The molecule has 2 heterocycles. The van der Waals surface area contributed by atoms with Gasteiger partial charge in [-0.25, -0.2) is 4.90 Å². The largest absolute Gasteiger partial charge is 0.326 e. The quantitative estimate of drug-likeness (QED) is 0.800. The van der Waals surface area contributed by atoms with E-state index in [1.165, 1.54) is 11.3 Å². The van der Waals surface area contributed by atoms with E-state index in [2.05, 4.69) is 10.2 Å². The van der Waals surface area contributed by atoms with Gasteiger partial charge in [0.05, 0.1) is 6.20 Å². The fourth-order valence-electron chi connectivity index (χ4n) is 3.55. The molecule has 1 aliphatic heterocycles. The number of hydrogen-bond donors (Lipinski definition) is 2. The molecule has 6 heteroatoms. The summed E-state index contributed by atoms with van der Waals surface area (Å²) in [7, 11) is 0. The number of piperidine rings is 1. The summed E-state index contributed by atoms with van der Waals surface area (Å²) in [4.78, 5) is 26.2. The van der Waals surface area contributed by atoms with Gasteiger partial charge >= 0.3 is 0 Å². The van der Waals surface area contributed by atoms with Crippen LogP contribution < -0.4 is 10.6 Å². The summed E-state index contributed by atoms with van der Waals surface area (Å²) in [5.41, 5.74) is 6.23. The Morgan fingerprint density at radius 3 is 2.45 bits per heavy atom. The standard InChI is InChI=1S/C14H20N4O2/c15-8-10-9-16-17-13(10)18-11(19)6-14(7-12(18)20)4-2-1-3-5-14/h9H,1-8,15H2,(H,16,17). The molecule has 0 bridgehead atoms. The van der Waals surface area contributed by atoms with Gasteiger partial charge < -0.3 is 5.73 Å². The van der Waals surface area contributed by atoms with Crippen LogP contribution in [0.2, 0.25) is 0 Å². The van der Waals surface area contributed by atoms with Gasteiger partial charge in [0.1, 0.15) is 5.82 Å². The zero-order chi connectivity index (χ0) is 14.2. The molecule has 108 valence electrons. The lowest BCUT2D eigenvalue weighted by Crippen LogP contribution is -2.49. The lowest BCUT2D eigenvalue weighted by Gasteiger charge is -2.42. The average molecular weight is 276 g/mol. The van der Waals surface area contributed by atoms with E-state index >= 15 is 0 Å². The highest BCUT2D eigenvalue weighted by Gasteiger charge is 2.45. The molecule has 0 unspecified atom stereocenters. The van der Waals surface area contributed by atoms with Crippen LogP contribution in [0.1, 0.15) is 50.5 Å². The number of nitrogens with one attached hydrogen (secondary N) is 1. The number of aromatic amines is 1. The predicted octanol–water partition coefficient (Wildman–Crippen LogP) is 1.47. The van der Waals surface area contributed by atoms with Gasteiger partial charge in [-0.1, -0.05) is 19.3 Å². The van der Waals surface area contributed by atoms with Crippen molar-refractivity contribution >= 4 is 17.6 Å². The molecule has 0 atom stereocenters. The second-order valence-electron chi connectivity index (χ2n) is 5.99. The van der Waals surface area contributed by atoms with E-state index in [1.807, 2.05) is 0 Å². The Bertz CT molecular complexity index is 511. The number of H-pyrrole nitrogens is 1. The first-order chi connectivity index (χ1) is 9.65. The second kappa shape index (κ2) is 5.01. The number of anilines is 1. The molecular weight excluding hydrogens is 256 g/mol. The van der Waals surface area contributed by atoms with Crippen molar-refractivity contribution in [3.8, 4) is 0 Å². The maximum atomic E-state index is 12.5. The van der Waals surface area contributed by atoms with Crippen molar-refractivity contribution in [1.82, 2.24) is 10.2 Å². The number of nitrogens with zero attached hydrogens (tertiary/aromatic N) is 2. The second-order valence-corrected chi connectivity index (χ2v) is 5.99. The van der Waals surface area contributed by atoms with Crippen molar-refractivity contribution in [2.75, 3.05) is 4.90 Å². The number of carbonyl (C=O) groups is 2. The van der Waals surface area contributed by atoms with E-state index in [0.29, 0.717) is 24.2 Å². The molecule has 20 heavy (non-hydrogen) atoms. The Balaban J connectivity index is 1.86. The maximum Gasteiger partial charge on any atom is 0.235 e. The van der Waals surface area contributed by atoms with Crippen molar-refractivity contribution in [3.05, 3.63) is 11.8 Å². The van der Waals surface area contributed by atoms with E-state index in [9.17, 15) is 9.59 Å². The lowest BCUT2D eigenvalue weighted by molar-refractivity contribution is -0.134. The molecule has 1 saturated heterocycles. The molecule has 0 radical (unpaired) electrons. The van der Waals surface area contributed by atoms with Crippen LogP contribution in [-0.4, -0.2) is 22.0 Å². The van der Waals surface area contributed by atoms with E-state index in [4.69, 9.17) is 5.73 Å². The average Bonchev–Trinajstić information content (AvgIpc) is 2.86. The van der Waals surface area contributed by atoms with Crippen LogP contribution in [-0.2, 0) is 16.1 Å². The number of hydrogen-bond acceptors (Lipinski definition) is 4. The molecule has 1 aromatic rings. The number of rotatable bonds is 2. The Labute approximate surface area is 117 Å². The molecule has 6 nitrogen and oxygen atoms in total. The number of nitrogens with two attached hydrogens (primary N) is 1. The topological polar surface area (TPSA) is 92.1 Å². The smallest absolute Gasteiger partial charge is 0.235 e. The molecule has 3 rings (SSSR count). The molecule has 1 aromatic heterocycles. The van der Waals surface area contributed by atoms with Gasteiger partial charge in [-0.05, 0) is 18.3 Å². The molecule has 2 amide bonds. The van der Waals surface area contributed by atoms with Crippen LogP contribution in [0.25, 0.3) is 0 Å². The molecule has 1 saturated carbocycles. The Hall–Kier alpha value is -1.69. The van der Waals surface area contributed by atoms with Crippen LogP contribution in [0.3, 0.4) is 0 Å². The van der Waals surface area contributed by atoms with Crippen LogP contribution in [0, 0.1) is 5.41 Å². The minimum Gasteiger partial charge on any atom is -0.326 e. The first kappa shape index (κ1) is 13.3. The van der Waals surface area contributed by atoms with E-state index in [-0.39, 0.29) is 23.8 Å². The lowest BCUT2D eigenvalue weighted by atomic mass is 9.67. The van der Waals surface area contributed by atoms with Crippen molar-refractivity contribution in [3.63, 3.8) is 0 Å². The fourth-order valence-corrected chi connectivity index (χ4v) is 3.55. The first-order valence-corrected chi connectivity index (χ1v) is 7.23. The molecule has 1 spiro atoms. The highest BCUT2D eigenvalue weighted by molar-refractivity contribution is 6.16. The zero-order valence-electron chi connectivity index (χ0n) is 11.5. The summed E-state index contributed by atoms with van der Waals surface area (Å²) in [5, 5.41) is 6.62. The van der Waals surface area contributed by atoms with Gasteiger partial charge in [-0.2, -0.15) is 5.10 Å². The minimum absolute atomic E-state index is 0.0915. The number of amides is 2. The molecule has 2 aliphatic rings. The molecular formula is C14H20N4O2. The van der Waals surface area contributed by atoms with E-state index in [0.717, 1.165) is 25.7 Å². The van der Waals surface area contributed by atoms with Crippen LogP contribution in [0.4, 0.5) is 5.82 Å². The van der Waals surface area contributed by atoms with Gasteiger partial charge in [0, 0.05) is 24.9 Å². The SMILES string of the molecule is NCc1cn[nH]c1N1C(=O)CC2(CCCCC2)CC1=O. The van der Waals surface area contributed by atoms with Gasteiger partial charge in [0.25, 0.3) is 0 Å². The first-order valence-electron chi connectivity index (χ1n) is 7.23. The van der Waals surface area contributed by atoms with Gasteiger partial charge in [0.2, 0.25) is 11.8 Å². The number of aromatic nitrogens is 2. The number of imide groups is 1. The summed E-state index contributed by atoms with van der Waals surface area (Å²) in [6, 6.07) is 0. The molecule has 3 N–H and O–H groups in total. The highest BCUT2D eigenvalue weighted by Crippen LogP contribution is 2.46. The minimum atomic E-state index is -0.123. The maximum absolute atomic E-state index is 12.5. The highest BCUT2D eigenvalue weighted by atomic mass is 16.2. The third kappa shape index (κ3) is 2.14. The third-order valence-electron chi connectivity index (χ3n) is 4.60.